The topological polar surface area (TPSA) is 9.23 Å². The first-order chi connectivity index (χ1) is 10.2. The predicted octanol–water partition coefficient (Wildman–Crippen LogP) is 5.14. The standard InChI is InChI=1S/C15H22F6O/c1-8-2-4-10(11(16)6-8)9-3-5-13(12(17)7-9)22-14(18)15(19,20)21/h8-14H,2-7H2,1H3. The zero-order valence-electron chi connectivity index (χ0n) is 12.5. The molecule has 130 valence electrons. The monoisotopic (exact) mass is 332 g/mol. The number of ether oxygens (including phenoxy) is 1. The van der Waals surface area contributed by atoms with Crippen molar-refractivity contribution in [2.75, 3.05) is 0 Å². The van der Waals surface area contributed by atoms with E-state index in [1.54, 1.807) is 0 Å². The Labute approximate surface area is 126 Å². The predicted molar refractivity (Wildman–Crippen MR) is 69.5 cm³/mol. The molecule has 2 rings (SSSR count). The summed E-state index contributed by atoms with van der Waals surface area (Å²) in [6, 6.07) is 0. The number of rotatable bonds is 3. The summed E-state index contributed by atoms with van der Waals surface area (Å²) in [7, 11) is 0. The number of hydrogen-bond donors (Lipinski definition) is 0. The molecular weight excluding hydrogens is 310 g/mol. The minimum absolute atomic E-state index is 0.00110. The zero-order chi connectivity index (χ0) is 16.5. The van der Waals surface area contributed by atoms with Gasteiger partial charge in [0.25, 0.3) is 6.36 Å². The zero-order valence-corrected chi connectivity index (χ0v) is 12.5. The van der Waals surface area contributed by atoms with Gasteiger partial charge >= 0.3 is 6.18 Å². The van der Waals surface area contributed by atoms with E-state index >= 15 is 0 Å². The molecule has 2 aliphatic rings. The molecule has 7 unspecified atom stereocenters. The van der Waals surface area contributed by atoms with E-state index in [0.717, 1.165) is 6.42 Å². The number of halogens is 6. The molecule has 0 amide bonds. The third-order valence-electron chi connectivity index (χ3n) is 5.00. The summed E-state index contributed by atoms with van der Waals surface area (Å²) >= 11 is 0. The van der Waals surface area contributed by atoms with Gasteiger partial charge in [-0.3, -0.25) is 0 Å². The molecule has 0 aromatic carbocycles. The molecule has 7 heteroatoms. The van der Waals surface area contributed by atoms with Gasteiger partial charge in [0, 0.05) is 0 Å². The van der Waals surface area contributed by atoms with Crippen LogP contribution >= 0.6 is 0 Å². The molecule has 0 spiro atoms. The van der Waals surface area contributed by atoms with Crippen molar-refractivity contribution in [3.63, 3.8) is 0 Å². The molecule has 2 saturated carbocycles. The molecule has 0 heterocycles. The fourth-order valence-electron chi connectivity index (χ4n) is 3.76. The van der Waals surface area contributed by atoms with E-state index in [0.29, 0.717) is 25.2 Å². The van der Waals surface area contributed by atoms with Crippen LogP contribution in [0, 0.1) is 17.8 Å². The van der Waals surface area contributed by atoms with Crippen molar-refractivity contribution in [3.05, 3.63) is 0 Å². The van der Waals surface area contributed by atoms with Gasteiger partial charge in [-0.25, -0.2) is 13.2 Å². The largest absolute Gasteiger partial charge is 0.445 e. The first kappa shape index (κ1) is 17.9. The fourth-order valence-corrected chi connectivity index (χ4v) is 3.76. The van der Waals surface area contributed by atoms with E-state index in [4.69, 9.17) is 0 Å². The van der Waals surface area contributed by atoms with Crippen molar-refractivity contribution in [1.29, 1.82) is 0 Å². The Bertz CT molecular complexity index is 360. The molecular formula is C15H22F6O. The Morgan fingerprint density at radius 2 is 1.64 bits per heavy atom. The summed E-state index contributed by atoms with van der Waals surface area (Å²) in [4.78, 5) is 0. The second-order valence-corrected chi connectivity index (χ2v) is 6.72. The Morgan fingerprint density at radius 3 is 2.18 bits per heavy atom. The summed E-state index contributed by atoms with van der Waals surface area (Å²) in [6.07, 6.45) is -10.3. The van der Waals surface area contributed by atoms with Crippen LogP contribution in [0.5, 0.6) is 0 Å². The molecule has 0 saturated heterocycles. The second-order valence-electron chi connectivity index (χ2n) is 6.72. The number of hydrogen-bond acceptors (Lipinski definition) is 1. The summed E-state index contributed by atoms with van der Waals surface area (Å²) in [6.45, 7) is 1.98. The Kier molecular flexibility index (Phi) is 5.67. The van der Waals surface area contributed by atoms with Crippen molar-refractivity contribution >= 4 is 0 Å². The lowest BCUT2D eigenvalue weighted by molar-refractivity contribution is -0.285. The maximum absolute atomic E-state index is 14.1. The lowest BCUT2D eigenvalue weighted by Gasteiger charge is -2.40. The van der Waals surface area contributed by atoms with Crippen LogP contribution in [0.25, 0.3) is 0 Å². The van der Waals surface area contributed by atoms with Crippen LogP contribution < -0.4 is 0 Å². The first-order valence-corrected chi connectivity index (χ1v) is 7.83. The van der Waals surface area contributed by atoms with Crippen LogP contribution in [-0.4, -0.2) is 31.0 Å². The number of alkyl halides is 6. The van der Waals surface area contributed by atoms with Crippen LogP contribution in [0.3, 0.4) is 0 Å². The first-order valence-electron chi connectivity index (χ1n) is 7.83. The third-order valence-corrected chi connectivity index (χ3v) is 5.00. The molecule has 0 aromatic heterocycles. The Hall–Kier alpha value is -0.460. The van der Waals surface area contributed by atoms with Gasteiger partial charge in [0.05, 0.1) is 6.10 Å². The lowest BCUT2D eigenvalue weighted by atomic mass is 9.69. The van der Waals surface area contributed by atoms with E-state index in [1.165, 1.54) is 0 Å². The van der Waals surface area contributed by atoms with E-state index in [2.05, 4.69) is 4.74 Å². The average molecular weight is 332 g/mol. The van der Waals surface area contributed by atoms with E-state index in [9.17, 15) is 26.3 Å². The molecule has 22 heavy (non-hydrogen) atoms. The van der Waals surface area contributed by atoms with Crippen LogP contribution in [0.2, 0.25) is 0 Å². The molecule has 2 aliphatic carbocycles. The fraction of sp³-hybridized carbons (Fsp3) is 1.00. The van der Waals surface area contributed by atoms with Gasteiger partial charge in [-0.2, -0.15) is 13.2 Å². The van der Waals surface area contributed by atoms with Crippen LogP contribution in [-0.2, 0) is 4.74 Å². The van der Waals surface area contributed by atoms with Crippen molar-refractivity contribution < 1.29 is 31.1 Å². The van der Waals surface area contributed by atoms with Crippen LogP contribution in [0.4, 0.5) is 26.3 Å². The van der Waals surface area contributed by atoms with Crippen molar-refractivity contribution in [3.8, 4) is 0 Å². The summed E-state index contributed by atoms with van der Waals surface area (Å²) in [5, 5.41) is 0. The van der Waals surface area contributed by atoms with E-state index < -0.39 is 31.0 Å². The van der Waals surface area contributed by atoms with Crippen molar-refractivity contribution in [2.45, 2.75) is 76.4 Å². The maximum atomic E-state index is 14.1. The van der Waals surface area contributed by atoms with Crippen molar-refractivity contribution in [2.24, 2.45) is 17.8 Å². The van der Waals surface area contributed by atoms with Crippen LogP contribution in [0.1, 0.15) is 45.4 Å². The maximum Gasteiger partial charge on any atom is 0.445 e. The lowest BCUT2D eigenvalue weighted by Crippen LogP contribution is -2.42. The highest BCUT2D eigenvalue weighted by molar-refractivity contribution is 4.90. The molecule has 7 atom stereocenters. The van der Waals surface area contributed by atoms with E-state index in [1.807, 2.05) is 6.92 Å². The normalized spacial score (nSPS) is 42.1. The SMILES string of the molecule is CC1CCC(C2CCC(OC(F)C(F)(F)F)C(F)C2)C(F)C1. The molecule has 1 nitrogen and oxygen atoms in total. The van der Waals surface area contributed by atoms with Gasteiger partial charge in [0.1, 0.15) is 12.3 Å². The molecule has 0 radical (unpaired) electrons. The van der Waals surface area contributed by atoms with Gasteiger partial charge in [0.15, 0.2) is 0 Å². The third kappa shape index (κ3) is 4.30. The minimum Gasteiger partial charge on any atom is -0.335 e. The molecule has 0 aliphatic heterocycles. The summed E-state index contributed by atoms with van der Waals surface area (Å²) in [5.41, 5.74) is 0. The summed E-state index contributed by atoms with van der Waals surface area (Å²) in [5.74, 6) is -0.119. The van der Waals surface area contributed by atoms with Gasteiger partial charge in [-0.05, 0) is 49.9 Å². The molecule has 2 fully saturated rings. The smallest absolute Gasteiger partial charge is 0.335 e. The highest BCUT2D eigenvalue weighted by atomic mass is 19.4. The van der Waals surface area contributed by atoms with Gasteiger partial charge in [-0.15, -0.1) is 0 Å². The van der Waals surface area contributed by atoms with Gasteiger partial charge in [0.2, 0.25) is 0 Å². The quantitative estimate of drug-likeness (QED) is 0.650. The van der Waals surface area contributed by atoms with Gasteiger partial charge in [-0.1, -0.05) is 13.3 Å². The Balaban J connectivity index is 1.87. The van der Waals surface area contributed by atoms with Crippen LogP contribution in [0.15, 0.2) is 0 Å². The second kappa shape index (κ2) is 6.97. The van der Waals surface area contributed by atoms with E-state index in [-0.39, 0.29) is 24.7 Å². The van der Waals surface area contributed by atoms with Crippen molar-refractivity contribution in [1.82, 2.24) is 0 Å². The minimum atomic E-state index is -5.14. The molecule has 0 N–H and O–H groups in total. The van der Waals surface area contributed by atoms with Gasteiger partial charge < -0.3 is 4.74 Å². The Morgan fingerprint density at radius 1 is 0.955 bits per heavy atom. The molecule has 0 aromatic rings. The highest BCUT2D eigenvalue weighted by Crippen LogP contribution is 2.43. The average Bonchev–Trinajstić information content (AvgIpc) is 2.40. The summed E-state index contributed by atoms with van der Waals surface area (Å²) < 4.78 is 81.5. The molecule has 0 bridgehead atoms. The highest BCUT2D eigenvalue weighted by Gasteiger charge is 2.46.